The van der Waals surface area contributed by atoms with E-state index in [9.17, 15) is 9.90 Å². The second-order valence-electron chi connectivity index (χ2n) is 7.85. The first kappa shape index (κ1) is 26.0. The number of nitrogens with two attached hydrogens (primary N) is 1. The minimum atomic E-state index is -0.166. The molecule has 35 heavy (non-hydrogen) atoms. The van der Waals surface area contributed by atoms with Gasteiger partial charge in [-0.05, 0) is 79.4 Å². The van der Waals surface area contributed by atoms with Crippen LogP contribution in [0.25, 0.3) is 0 Å². The lowest BCUT2D eigenvalue weighted by molar-refractivity contribution is 0.101. The smallest absolute Gasteiger partial charge is 0.163 e. The molecule has 7 nitrogen and oxygen atoms in total. The fourth-order valence-electron chi connectivity index (χ4n) is 3.38. The number of nitrogens with one attached hydrogen (secondary N) is 2. The second kappa shape index (κ2) is 12.7. The molecule has 0 fully saturated rings. The molecule has 0 aliphatic carbocycles. The van der Waals surface area contributed by atoms with Gasteiger partial charge in [-0.2, -0.15) is 0 Å². The number of aromatic hydroxyl groups is 1. The highest BCUT2D eigenvalue weighted by atomic mass is 32.2. The predicted molar refractivity (Wildman–Crippen MR) is 143 cm³/mol. The van der Waals surface area contributed by atoms with Gasteiger partial charge in [0.25, 0.3) is 0 Å². The van der Waals surface area contributed by atoms with E-state index in [4.69, 9.17) is 15.9 Å². The Morgan fingerprint density at radius 2 is 1.86 bits per heavy atom. The van der Waals surface area contributed by atoms with E-state index >= 15 is 0 Å². The Morgan fingerprint density at radius 1 is 1.14 bits per heavy atom. The van der Waals surface area contributed by atoms with Crippen LogP contribution < -0.4 is 15.2 Å². The molecule has 182 valence electrons. The van der Waals surface area contributed by atoms with Crippen LogP contribution in [0.3, 0.4) is 0 Å². The molecule has 0 aliphatic rings. The van der Waals surface area contributed by atoms with E-state index in [0.717, 1.165) is 28.1 Å². The standard InChI is InChI=1S/C27H30N4O3S/c1-3-4-24-25(14-13-23(18(2)32)26(24)33)34-17-19-5-11-22(12-6-19)35-31-21-9-7-20(8-10-21)27(29)30-16-15-28/h5-14,16,29,31,33H,3-4,15,17,28H2,1-2H3. The minimum absolute atomic E-state index is 0.0165. The molecule has 0 heterocycles. The van der Waals surface area contributed by atoms with Gasteiger partial charge in [-0.3, -0.25) is 10.2 Å². The zero-order valence-electron chi connectivity index (χ0n) is 19.9. The number of phenols is 1. The van der Waals surface area contributed by atoms with E-state index in [-0.39, 0.29) is 17.4 Å². The van der Waals surface area contributed by atoms with Gasteiger partial charge >= 0.3 is 0 Å². The lowest BCUT2D eigenvalue weighted by atomic mass is 10.0. The lowest BCUT2D eigenvalue weighted by Crippen LogP contribution is -2.03. The molecule has 0 unspecified atom stereocenters. The summed E-state index contributed by atoms with van der Waals surface area (Å²) in [6.45, 7) is 4.13. The van der Waals surface area contributed by atoms with Crippen molar-refractivity contribution in [1.29, 1.82) is 5.41 Å². The number of amidine groups is 1. The molecule has 0 amide bonds. The molecule has 0 saturated heterocycles. The van der Waals surface area contributed by atoms with Crippen LogP contribution in [-0.2, 0) is 13.0 Å². The molecule has 0 aliphatic heterocycles. The fraction of sp³-hybridized carbons (Fsp3) is 0.222. The summed E-state index contributed by atoms with van der Waals surface area (Å²) in [6.07, 6.45) is 2.97. The third kappa shape index (κ3) is 7.18. The van der Waals surface area contributed by atoms with Crippen molar-refractivity contribution in [3.05, 3.63) is 82.9 Å². The molecule has 0 atom stereocenters. The number of anilines is 1. The summed E-state index contributed by atoms with van der Waals surface area (Å²) in [6, 6.07) is 18.8. The molecule has 3 rings (SSSR count). The summed E-state index contributed by atoms with van der Waals surface area (Å²) in [5.74, 6) is 0.627. The van der Waals surface area contributed by atoms with Crippen LogP contribution in [0.2, 0.25) is 0 Å². The van der Waals surface area contributed by atoms with Gasteiger partial charge in [0.05, 0.1) is 5.56 Å². The summed E-state index contributed by atoms with van der Waals surface area (Å²) in [5.41, 5.74) is 9.00. The van der Waals surface area contributed by atoms with Crippen molar-refractivity contribution < 1.29 is 14.6 Å². The molecule has 5 N–H and O–H groups in total. The number of nitrogens with zero attached hydrogens (tertiary/aromatic N) is 1. The molecule has 0 bridgehead atoms. The second-order valence-corrected chi connectivity index (χ2v) is 8.73. The van der Waals surface area contributed by atoms with Gasteiger partial charge in [0.1, 0.15) is 18.1 Å². The Kier molecular flexibility index (Phi) is 9.46. The molecular formula is C27H30N4O3S. The largest absolute Gasteiger partial charge is 0.507 e. The monoisotopic (exact) mass is 490 g/mol. The van der Waals surface area contributed by atoms with E-state index in [1.54, 1.807) is 12.1 Å². The highest BCUT2D eigenvalue weighted by Crippen LogP contribution is 2.33. The number of ketones is 1. The normalized spacial score (nSPS) is 10.9. The maximum Gasteiger partial charge on any atom is 0.163 e. The van der Waals surface area contributed by atoms with Crippen LogP contribution in [0.15, 0.2) is 70.6 Å². The fourth-order valence-corrected chi connectivity index (χ4v) is 4.02. The van der Waals surface area contributed by atoms with Gasteiger partial charge in [-0.15, -0.1) is 0 Å². The number of hydrogen-bond acceptors (Lipinski definition) is 7. The van der Waals surface area contributed by atoms with Gasteiger partial charge < -0.3 is 20.3 Å². The molecule has 0 aromatic heterocycles. The number of carbonyl (C=O) groups excluding carboxylic acids is 1. The molecule has 3 aromatic carbocycles. The predicted octanol–water partition coefficient (Wildman–Crippen LogP) is 5.60. The van der Waals surface area contributed by atoms with E-state index < -0.39 is 0 Å². The first-order valence-corrected chi connectivity index (χ1v) is 12.2. The van der Waals surface area contributed by atoms with Crippen LogP contribution in [0.1, 0.15) is 47.3 Å². The minimum Gasteiger partial charge on any atom is -0.507 e. The average molecular weight is 491 g/mol. The SMILES string of the molecule is CCCc1c(OCc2ccc(SNc3ccc(C(=N)N=CCN)cc3)cc2)ccc(C(C)=O)c1O. The van der Waals surface area contributed by atoms with Crippen LogP contribution in [0, 0.1) is 5.41 Å². The third-order valence-electron chi connectivity index (χ3n) is 5.21. The molecule has 3 aromatic rings. The molecule has 8 heteroatoms. The Hall–Kier alpha value is -3.62. The Labute approximate surface area is 210 Å². The van der Waals surface area contributed by atoms with Crippen LogP contribution in [0.4, 0.5) is 5.69 Å². The Morgan fingerprint density at radius 3 is 2.49 bits per heavy atom. The third-order valence-corrected chi connectivity index (χ3v) is 6.05. The number of rotatable bonds is 11. The van der Waals surface area contributed by atoms with E-state index in [1.807, 2.05) is 55.5 Å². The summed E-state index contributed by atoms with van der Waals surface area (Å²) >= 11 is 1.48. The van der Waals surface area contributed by atoms with Crippen molar-refractivity contribution in [2.75, 3.05) is 11.3 Å². The number of Topliss-reactive ketones (excluding diaryl/α,β-unsaturated/α-hetero) is 1. The maximum atomic E-state index is 11.7. The molecule has 0 spiro atoms. The van der Waals surface area contributed by atoms with E-state index in [0.29, 0.717) is 36.4 Å². The molecule has 0 radical (unpaired) electrons. The zero-order valence-corrected chi connectivity index (χ0v) is 20.7. The number of ether oxygens (including phenoxy) is 1. The summed E-state index contributed by atoms with van der Waals surface area (Å²) < 4.78 is 9.28. The Balaban J connectivity index is 1.57. The van der Waals surface area contributed by atoms with Gasteiger partial charge in [0.2, 0.25) is 0 Å². The van der Waals surface area contributed by atoms with Gasteiger partial charge in [0.15, 0.2) is 11.6 Å². The summed E-state index contributed by atoms with van der Waals surface area (Å²) in [4.78, 5) is 16.8. The molecule has 0 saturated carbocycles. The van der Waals surface area contributed by atoms with Gasteiger partial charge in [-0.1, -0.05) is 25.5 Å². The lowest BCUT2D eigenvalue weighted by Gasteiger charge is -2.15. The quantitative estimate of drug-likeness (QED) is 0.120. The Bertz CT molecular complexity index is 1190. The van der Waals surface area contributed by atoms with Crippen molar-refractivity contribution in [2.24, 2.45) is 10.7 Å². The van der Waals surface area contributed by atoms with Crippen molar-refractivity contribution >= 4 is 35.5 Å². The van der Waals surface area contributed by atoms with Crippen LogP contribution >= 0.6 is 11.9 Å². The van der Waals surface area contributed by atoms with E-state index in [2.05, 4.69) is 9.71 Å². The van der Waals surface area contributed by atoms with Gasteiger partial charge in [-0.25, -0.2) is 4.99 Å². The van der Waals surface area contributed by atoms with Crippen LogP contribution in [-0.4, -0.2) is 29.5 Å². The van der Waals surface area contributed by atoms with Crippen LogP contribution in [0.5, 0.6) is 11.5 Å². The number of benzene rings is 3. The zero-order chi connectivity index (χ0) is 25.2. The highest BCUT2D eigenvalue weighted by Gasteiger charge is 2.16. The number of aliphatic imine (C=N–C) groups is 1. The first-order chi connectivity index (χ1) is 16.9. The van der Waals surface area contributed by atoms with Crippen molar-refractivity contribution in [3.63, 3.8) is 0 Å². The summed E-state index contributed by atoms with van der Waals surface area (Å²) in [5, 5.41) is 18.4. The molecular weight excluding hydrogens is 460 g/mol. The van der Waals surface area contributed by atoms with Crippen molar-refractivity contribution in [2.45, 2.75) is 38.2 Å². The van der Waals surface area contributed by atoms with Gasteiger partial charge in [0, 0.05) is 34.5 Å². The number of hydrogen-bond donors (Lipinski definition) is 4. The summed E-state index contributed by atoms with van der Waals surface area (Å²) in [7, 11) is 0. The van der Waals surface area contributed by atoms with Crippen molar-refractivity contribution in [3.8, 4) is 11.5 Å². The highest BCUT2D eigenvalue weighted by molar-refractivity contribution is 8.00. The average Bonchev–Trinajstić information content (AvgIpc) is 2.87. The number of phenolic OH excluding ortho intramolecular Hbond substituents is 1. The van der Waals surface area contributed by atoms with Crippen molar-refractivity contribution in [1.82, 2.24) is 0 Å². The maximum absolute atomic E-state index is 11.7. The number of carbonyl (C=O) groups is 1. The van der Waals surface area contributed by atoms with E-state index in [1.165, 1.54) is 25.1 Å². The first-order valence-electron chi connectivity index (χ1n) is 11.3. The topological polar surface area (TPSA) is 121 Å².